The molecule has 0 spiro atoms. The molecule has 0 radical (unpaired) electrons. The normalized spacial score (nSPS) is 12.0. The fourth-order valence-corrected chi connectivity index (χ4v) is 3.93. The third kappa shape index (κ3) is 5.56. The van der Waals surface area contributed by atoms with Gasteiger partial charge in [0, 0.05) is 36.9 Å². The van der Waals surface area contributed by atoms with Gasteiger partial charge >= 0.3 is 0 Å². The van der Waals surface area contributed by atoms with E-state index in [9.17, 15) is 0 Å². The first-order chi connectivity index (χ1) is 12.6. The number of guanidine groups is 1. The van der Waals surface area contributed by atoms with Crippen molar-refractivity contribution in [2.24, 2.45) is 4.99 Å². The van der Waals surface area contributed by atoms with E-state index in [1.54, 1.807) is 18.4 Å². The fourth-order valence-electron chi connectivity index (χ4n) is 2.91. The number of aromatic nitrogens is 2. The topological polar surface area (TPSA) is 75.3 Å². The van der Waals surface area contributed by atoms with Crippen LogP contribution in [0.25, 0.3) is 0 Å². The molecule has 0 fully saturated rings. The molecular formula is C19H31N5OS. The Morgan fingerprint density at radius 2 is 2.04 bits per heavy atom. The van der Waals surface area contributed by atoms with Crippen molar-refractivity contribution in [3.8, 4) is 0 Å². The summed E-state index contributed by atoms with van der Waals surface area (Å²) in [5.41, 5.74) is 2.26. The number of hydrogen-bond donors (Lipinski definition) is 2. The molecule has 0 saturated carbocycles. The van der Waals surface area contributed by atoms with E-state index >= 15 is 0 Å². The van der Waals surface area contributed by atoms with Gasteiger partial charge in [-0.3, -0.25) is 4.99 Å². The molecule has 0 aliphatic heterocycles. The third-order valence-corrected chi connectivity index (χ3v) is 5.61. The lowest BCUT2D eigenvalue weighted by atomic mass is 9.99. The van der Waals surface area contributed by atoms with Crippen LogP contribution in [-0.2, 0) is 19.4 Å². The van der Waals surface area contributed by atoms with Gasteiger partial charge in [0.05, 0.1) is 22.9 Å². The average molecular weight is 378 g/mol. The van der Waals surface area contributed by atoms with E-state index < -0.39 is 0 Å². The molecule has 2 rings (SSSR count). The second-order valence-electron chi connectivity index (χ2n) is 6.30. The highest BCUT2D eigenvalue weighted by Crippen LogP contribution is 2.22. The number of nitrogens with zero attached hydrogens (tertiary/aromatic N) is 3. The van der Waals surface area contributed by atoms with E-state index in [-0.39, 0.29) is 0 Å². The van der Waals surface area contributed by atoms with Crippen molar-refractivity contribution in [3.63, 3.8) is 0 Å². The zero-order valence-corrected chi connectivity index (χ0v) is 17.4. The van der Waals surface area contributed by atoms with Crippen LogP contribution in [0.15, 0.2) is 15.6 Å². The van der Waals surface area contributed by atoms with Crippen LogP contribution in [0.4, 0.5) is 0 Å². The number of rotatable bonds is 9. The van der Waals surface area contributed by atoms with E-state index in [1.165, 1.54) is 15.6 Å². The standard InChI is InChI=1S/C19H31N5OS/c1-6-14(7-2)17-11-15(25-24-17)12-22-19(20-5)21-10-9-18-23-16(8-3)13(4)26-18/h11,14H,6-10,12H2,1-5H3,(H2,20,21,22). The zero-order valence-electron chi connectivity index (χ0n) is 16.6. The Bertz CT molecular complexity index is 703. The highest BCUT2D eigenvalue weighted by atomic mass is 32.1. The van der Waals surface area contributed by atoms with Gasteiger partial charge in [-0.25, -0.2) is 4.98 Å². The minimum Gasteiger partial charge on any atom is -0.359 e. The van der Waals surface area contributed by atoms with E-state index in [0.717, 1.165) is 49.6 Å². The van der Waals surface area contributed by atoms with Crippen molar-refractivity contribution in [2.75, 3.05) is 13.6 Å². The summed E-state index contributed by atoms with van der Waals surface area (Å²) in [6, 6.07) is 2.04. The molecule has 0 bridgehead atoms. The molecular weight excluding hydrogens is 346 g/mol. The smallest absolute Gasteiger partial charge is 0.191 e. The Labute approximate surface area is 160 Å². The van der Waals surface area contributed by atoms with Crippen molar-refractivity contribution < 1.29 is 4.52 Å². The Morgan fingerprint density at radius 3 is 2.65 bits per heavy atom. The molecule has 0 unspecified atom stereocenters. The van der Waals surface area contributed by atoms with Crippen LogP contribution in [0.5, 0.6) is 0 Å². The molecule has 0 amide bonds. The van der Waals surface area contributed by atoms with Gasteiger partial charge in [0.1, 0.15) is 0 Å². The first kappa shape index (κ1) is 20.4. The van der Waals surface area contributed by atoms with E-state index in [4.69, 9.17) is 4.52 Å². The monoisotopic (exact) mass is 377 g/mol. The van der Waals surface area contributed by atoms with Crippen molar-refractivity contribution in [1.29, 1.82) is 0 Å². The minimum absolute atomic E-state index is 0.472. The lowest BCUT2D eigenvalue weighted by molar-refractivity contribution is 0.368. The molecule has 7 heteroatoms. The summed E-state index contributed by atoms with van der Waals surface area (Å²) in [4.78, 5) is 10.3. The molecule has 144 valence electrons. The lowest BCUT2D eigenvalue weighted by Crippen LogP contribution is -2.37. The van der Waals surface area contributed by atoms with Gasteiger partial charge in [-0.1, -0.05) is 25.9 Å². The van der Waals surface area contributed by atoms with Crippen LogP contribution >= 0.6 is 11.3 Å². The second kappa shape index (κ2) is 10.3. The predicted molar refractivity (Wildman–Crippen MR) is 108 cm³/mol. The molecule has 2 N–H and O–H groups in total. The fraction of sp³-hybridized carbons (Fsp3) is 0.632. The van der Waals surface area contributed by atoms with Crippen molar-refractivity contribution in [2.45, 2.75) is 65.8 Å². The van der Waals surface area contributed by atoms with Crippen LogP contribution < -0.4 is 10.6 Å². The van der Waals surface area contributed by atoms with Gasteiger partial charge in [-0.15, -0.1) is 11.3 Å². The molecule has 26 heavy (non-hydrogen) atoms. The molecule has 2 heterocycles. The lowest BCUT2D eigenvalue weighted by Gasteiger charge is -2.09. The van der Waals surface area contributed by atoms with Gasteiger partial charge in [0.25, 0.3) is 0 Å². The van der Waals surface area contributed by atoms with Gasteiger partial charge in [-0.05, 0) is 26.2 Å². The Hall–Kier alpha value is -1.89. The Kier molecular flexibility index (Phi) is 8.09. The third-order valence-electron chi connectivity index (χ3n) is 4.54. The van der Waals surface area contributed by atoms with Crippen molar-refractivity contribution in [3.05, 3.63) is 33.1 Å². The van der Waals surface area contributed by atoms with Crippen molar-refractivity contribution >= 4 is 17.3 Å². The van der Waals surface area contributed by atoms with Crippen molar-refractivity contribution in [1.82, 2.24) is 20.8 Å². The minimum atomic E-state index is 0.472. The van der Waals surface area contributed by atoms with Crippen LogP contribution in [0.2, 0.25) is 0 Å². The molecule has 2 aromatic rings. The Morgan fingerprint density at radius 1 is 1.27 bits per heavy atom. The van der Waals surface area contributed by atoms with E-state index in [2.05, 4.69) is 53.5 Å². The summed E-state index contributed by atoms with van der Waals surface area (Å²) >= 11 is 1.78. The Balaban J connectivity index is 1.79. The molecule has 6 nitrogen and oxygen atoms in total. The van der Waals surface area contributed by atoms with Crippen LogP contribution in [-0.4, -0.2) is 29.7 Å². The summed E-state index contributed by atoms with van der Waals surface area (Å²) < 4.78 is 5.44. The van der Waals surface area contributed by atoms with Gasteiger partial charge in [0.2, 0.25) is 0 Å². The number of nitrogens with one attached hydrogen (secondary N) is 2. The number of aryl methyl sites for hydroxylation is 2. The maximum Gasteiger partial charge on any atom is 0.191 e. The van der Waals surface area contributed by atoms with Gasteiger partial charge in [0.15, 0.2) is 11.7 Å². The quantitative estimate of drug-likeness (QED) is 0.513. The summed E-state index contributed by atoms with van der Waals surface area (Å²) in [6.45, 7) is 10.0. The van der Waals surface area contributed by atoms with Gasteiger partial charge < -0.3 is 15.2 Å². The maximum absolute atomic E-state index is 5.44. The molecule has 0 aliphatic rings. The zero-order chi connectivity index (χ0) is 18.9. The van der Waals surface area contributed by atoms with Crippen LogP contribution in [0.3, 0.4) is 0 Å². The molecule has 0 saturated heterocycles. The van der Waals surface area contributed by atoms with Crippen LogP contribution in [0, 0.1) is 6.92 Å². The number of hydrogen-bond acceptors (Lipinski definition) is 5. The molecule has 0 aliphatic carbocycles. The highest BCUT2D eigenvalue weighted by molar-refractivity contribution is 7.11. The first-order valence-electron chi connectivity index (χ1n) is 9.46. The molecule has 0 aromatic carbocycles. The van der Waals surface area contributed by atoms with E-state index in [1.807, 2.05) is 6.07 Å². The summed E-state index contributed by atoms with van der Waals surface area (Å²) in [6.07, 6.45) is 4.05. The summed E-state index contributed by atoms with van der Waals surface area (Å²) in [5, 5.41) is 12.0. The second-order valence-corrected chi connectivity index (χ2v) is 7.59. The predicted octanol–water partition coefficient (Wildman–Crippen LogP) is 3.81. The molecule has 0 atom stereocenters. The highest BCUT2D eigenvalue weighted by Gasteiger charge is 2.13. The summed E-state index contributed by atoms with van der Waals surface area (Å²) in [7, 11) is 1.77. The van der Waals surface area contributed by atoms with Gasteiger partial charge in [-0.2, -0.15) is 0 Å². The average Bonchev–Trinajstić information content (AvgIpc) is 3.25. The molecule has 2 aromatic heterocycles. The maximum atomic E-state index is 5.44. The SMILES string of the molecule is CCc1nc(CCNC(=NC)NCc2cc(C(CC)CC)no2)sc1C. The first-order valence-corrected chi connectivity index (χ1v) is 10.3. The summed E-state index contributed by atoms with van der Waals surface area (Å²) in [5.74, 6) is 2.06. The number of aliphatic imine (C=N–C) groups is 1. The number of thiazole rings is 1. The van der Waals surface area contributed by atoms with Crippen LogP contribution in [0.1, 0.15) is 66.6 Å². The largest absolute Gasteiger partial charge is 0.359 e. The van der Waals surface area contributed by atoms with E-state index in [0.29, 0.717) is 12.5 Å².